The highest BCUT2D eigenvalue weighted by atomic mass is 16.1. The maximum Gasteiger partial charge on any atom is 0.178 e. The number of Topliss-reactive ketones (excluding diaryl/α,β-unsaturated/α-hetero) is 1. The van der Waals surface area contributed by atoms with E-state index in [1.807, 2.05) is 0 Å². The summed E-state index contributed by atoms with van der Waals surface area (Å²) in [5.74, 6) is 1.23. The third kappa shape index (κ3) is 3.60. The van der Waals surface area contributed by atoms with Crippen LogP contribution < -0.4 is 5.32 Å². The Bertz CT molecular complexity index is 531. The van der Waals surface area contributed by atoms with Crippen LogP contribution in [0.1, 0.15) is 82.8 Å². The number of para-hydroxylation sites is 1. The van der Waals surface area contributed by atoms with E-state index in [2.05, 4.69) is 57.3 Å². The van der Waals surface area contributed by atoms with Crippen molar-refractivity contribution in [3.8, 4) is 0 Å². The highest BCUT2D eigenvalue weighted by molar-refractivity contribution is 5.99. The molecule has 2 atom stereocenters. The summed E-state index contributed by atoms with van der Waals surface area (Å²) in [6.07, 6.45) is 6.92. The molecule has 0 aromatic heterocycles. The Balaban J connectivity index is 2.45. The van der Waals surface area contributed by atoms with Crippen molar-refractivity contribution in [2.24, 2.45) is 0 Å². The number of benzene rings is 1. The van der Waals surface area contributed by atoms with Gasteiger partial charge in [0.1, 0.15) is 0 Å². The van der Waals surface area contributed by atoms with Crippen LogP contribution in [0.2, 0.25) is 0 Å². The fourth-order valence-corrected chi connectivity index (χ4v) is 3.01. The van der Waals surface area contributed by atoms with Gasteiger partial charge in [0.2, 0.25) is 0 Å². The molecule has 0 fully saturated rings. The van der Waals surface area contributed by atoms with Gasteiger partial charge in [-0.15, -0.1) is 0 Å². The maximum absolute atomic E-state index is 12.2. The van der Waals surface area contributed by atoms with Gasteiger partial charge in [0.15, 0.2) is 5.78 Å². The molecule has 0 heterocycles. The zero-order chi connectivity index (χ0) is 16.1. The summed E-state index contributed by atoms with van der Waals surface area (Å²) >= 11 is 0. The smallest absolute Gasteiger partial charge is 0.178 e. The van der Waals surface area contributed by atoms with Gasteiger partial charge in [-0.2, -0.15) is 0 Å². The number of nitrogens with one attached hydrogen (secondary N) is 1. The van der Waals surface area contributed by atoms with Crippen molar-refractivity contribution >= 4 is 11.5 Å². The minimum atomic E-state index is 0.250. The number of hydrogen-bond acceptors (Lipinski definition) is 2. The molecule has 0 saturated heterocycles. The van der Waals surface area contributed by atoms with E-state index in [0.717, 1.165) is 31.4 Å². The standard InChI is InChI=1S/C20H29NO/c1-5-14(3)16-10-9-11-17(15(4)6-2)20(16)21-18-12-7-8-13-19(18)22/h9-12,14-15,21H,5-8,13H2,1-4H3. The molecule has 2 rings (SSSR count). The lowest BCUT2D eigenvalue weighted by atomic mass is 9.88. The van der Waals surface area contributed by atoms with Crippen LogP contribution in [0.3, 0.4) is 0 Å². The van der Waals surface area contributed by atoms with Gasteiger partial charge in [-0.05, 0) is 48.6 Å². The molecule has 0 saturated carbocycles. The molecule has 0 aliphatic heterocycles. The number of carbonyl (C=O) groups excluding carboxylic acids is 1. The number of allylic oxidation sites excluding steroid dienone is 2. The third-order valence-corrected chi connectivity index (χ3v) is 4.93. The predicted molar refractivity (Wildman–Crippen MR) is 94.4 cm³/mol. The first-order chi connectivity index (χ1) is 10.6. The molecule has 2 heteroatoms. The average Bonchev–Trinajstić information content (AvgIpc) is 2.55. The second-order valence-corrected chi connectivity index (χ2v) is 6.49. The Labute approximate surface area is 135 Å². The predicted octanol–water partition coefficient (Wildman–Crippen LogP) is 5.76. The Hall–Kier alpha value is -1.57. The number of hydrogen-bond donors (Lipinski definition) is 1. The van der Waals surface area contributed by atoms with Gasteiger partial charge in [0, 0.05) is 12.1 Å². The number of rotatable bonds is 6. The van der Waals surface area contributed by atoms with Crippen molar-refractivity contribution < 1.29 is 4.79 Å². The number of anilines is 1. The van der Waals surface area contributed by atoms with E-state index in [4.69, 9.17) is 0 Å². The minimum absolute atomic E-state index is 0.250. The number of ketones is 1. The highest BCUT2D eigenvalue weighted by Crippen LogP contribution is 2.36. The van der Waals surface area contributed by atoms with Crippen LogP contribution in [0.25, 0.3) is 0 Å². The normalized spacial score (nSPS) is 17.8. The molecule has 0 bridgehead atoms. The van der Waals surface area contributed by atoms with Crippen LogP contribution in [0, 0.1) is 0 Å². The average molecular weight is 299 g/mol. The monoisotopic (exact) mass is 299 g/mol. The second-order valence-electron chi connectivity index (χ2n) is 6.49. The minimum Gasteiger partial charge on any atom is -0.352 e. The first kappa shape index (κ1) is 16.8. The lowest BCUT2D eigenvalue weighted by molar-refractivity contribution is -0.115. The van der Waals surface area contributed by atoms with E-state index in [1.54, 1.807) is 0 Å². The lowest BCUT2D eigenvalue weighted by Crippen LogP contribution is -2.17. The Morgan fingerprint density at radius 3 is 2.18 bits per heavy atom. The third-order valence-electron chi connectivity index (χ3n) is 4.93. The molecular formula is C20H29NO. The van der Waals surface area contributed by atoms with Gasteiger partial charge < -0.3 is 5.32 Å². The van der Waals surface area contributed by atoms with Crippen LogP contribution in [-0.4, -0.2) is 5.78 Å². The molecule has 1 N–H and O–H groups in total. The molecular weight excluding hydrogens is 270 g/mol. The van der Waals surface area contributed by atoms with E-state index >= 15 is 0 Å². The van der Waals surface area contributed by atoms with Crippen molar-refractivity contribution in [2.75, 3.05) is 5.32 Å². The van der Waals surface area contributed by atoms with E-state index < -0.39 is 0 Å². The van der Waals surface area contributed by atoms with E-state index in [-0.39, 0.29) is 5.78 Å². The van der Waals surface area contributed by atoms with Crippen molar-refractivity contribution in [1.82, 2.24) is 0 Å². The van der Waals surface area contributed by atoms with E-state index in [0.29, 0.717) is 18.3 Å². The summed E-state index contributed by atoms with van der Waals surface area (Å²) in [6.45, 7) is 8.96. The zero-order valence-electron chi connectivity index (χ0n) is 14.4. The van der Waals surface area contributed by atoms with E-state index in [9.17, 15) is 4.79 Å². The molecule has 0 spiro atoms. The van der Waals surface area contributed by atoms with Crippen LogP contribution in [0.5, 0.6) is 0 Å². The topological polar surface area (TPSA) is 29.1 Å². The van der Waals surface area contributed by atoms with Gasteiger partial charge in [0.25, 0.3) is 0 Å². The SMILES string of the molecule is CCC(C)c1cccc(C(C)CC)c1NC1=CCCCC1=O. The molecule has 120 valence electrons. The van der Waals surface area contributed by atoms with Gasteiger partial charge in [0.05, 0.1) is 5.70 Å². The van der Waals surface area contributed by atoms with E-state index in [1.165, 1.54) is 16.8 Å². The summed E-state index contributed by atoms with van der Waals surface area (Å²) in [6, 6.07) is 6.57. The van der Waals surface area contributed by atoms with Crippen molar-refractivity contribution in [1.29, 1.82) is 0 Å². The van der Waals surface area contributed by atoms with Crippen molar-refractivity contribution in [3.63, 3.8) is 0 Å². The summed E-state index contributed by atoms with van der Waals surface area (Å²) in [5, 5.41) is 3.51. The van der Waals surface area contributed by atoms with Crippen LogP contribution >= 0.6 is 0 Å². The molecule has 0 amide bonds. The first-order valence-corrected chi connectivity index (χ1v) is 8.71. The zero-order valence-corrected chi connectivity index (χ0v) is 14.4. The fraction of sp³-hybridized carbons (Fsp3) is 0.550. The van der Waals surface area contributed by atoms with Crippen LogP contribution in [0.15, 0.2) is 30.0 Å². The summed E-state index contributed by atoms with van der Waals surface area (Å²) < 4.78 is 0. The Kier molecular flexibility index (Phi) is 5.82. The maximum atomic E-state index is 12.2. The molecule has 1 aliphatic rings. The van der Waals surface area contributed by atoms with Crippen LogP contribution in [-0.2, 0) is 4.79 Å². The van der Waals surface area contributed by atoms with Gasteiger partial charge in [-0.1, -0.05) is 52.0 Å². The summed E-state index contributed by atoms with van der Waals surface area (Å²) in [7, 11) is 0. The molecule has 2 unspecified atom stereocenters. The van der Waals surface area contributed by atoms with Crippen molar-refractivity contribution in [2.45, 2.75) is 71.6 Å². The molecule has 2 nitrogen and oxygen atoms in total. The molecule has 1 aliphatic carbocycles. The quantitative estimate of drug-likeness (QED) is 0.723. The largest absolute Gasteiger partial charge is 0.352 e. The van der Waals surface area contributed by atoms with Gasteiger partial charge in [-0.25, -0.2) is 0 Å². The van der Waals surface area contributed by atoms with Gasteiger partial charge >= 0.3 is 0 Å². The lowest BCUT2D eigenvalue weighted by Gasteiger charge is -2.24. The highest BCUT2D eigenvalue weighted by Gasteiger charge is 2.20. The Morgan fingerprint density at radius 1 is 1.09 bits per heavy atom. The van der Waals surface area contributed by atoms with Crippen LogP contribution in [0.4, 0.5) is 5.69 Å². The first-order valence-electron chi connectivity index (χ1n) is 8.71. The molecule has 1 aromatic carbocycles. The summed E-state index contributed by atoms with van der Waals surface area (Å²) in [4.78, 5) is 12.2. The van der Waals surface area contributed by atoms with Gasteiger partial charge in [-0.3, -0.25) is 4.79 Å². The Morgan fingerprint density at radius 2 is 1.68 bits per heavy atom. The van der Waals surface area contributed by atoms with Crippen molar-refractivity contribution in [3.05, 3.63) is 41.1 Å². The number of carbonyl (C=O) groups is 1. The second kappa shape index (κ2) is 7.62. The molecule has 1 aromatic rings. The summed E-state index contributed by atoms with van der Waals surface area (Å²) in [5.41, 5.74) is 4.64. The fourth-order valence-electron chi connectivity index (χ4n) is 3.01. The molecule has 0 radical (unpaired) electrons. The molecule has 22 heavy (non-hydrogen) atoms.